The maximum Gasteiger partial charge on any atom is 0.494 e. The zero-order valence-electron chi connectivity index (χ0n) is 12.5. The molecule has 1 atom stereocenters. The van der Waals surface area contributed by atoms with Crippen LogP contribution in [0.1, 0.15) is 26.7 Å². The van der Waals surface area contributed by atoms with Crippen molar-refractivity contribution in [1.82, 2.24) is 0 Å². The number of rotatable bonds is 6. The van der Waals surface area contributed by atoms with Gasteiger partial charge in [-0.05, 0) is 32.2 Å². The first-order valence-corrected chi connectivity index (χ1v) is 9.49. The summed E-state index contributed by atoms with van der Waals surface area (Å²) in [5.41, 5.74) is 2.23. The highest BCUT2D eigenvalue weighted by Gasteiger charge is 2.45. The SMILES string of the molecule is CC1(C)OB(c2ccccc2)O[C@@H]1CC/C(=C/CBr)CBr. The molecule has 0 N–H and O–H groups in total. The second-order valence-corrected chi connectivity index (χ2v) is 6.99. The van der Waals surface area contributed by atoms with Crippen LogP contribution in [0.4, 0.5) is 0 Å². The van der Waals surface area contributed by atoms with Crippen molar-refractivity contribution < 1.29 is 9.31 Å². The van der Waals surface area contributed by atoms with Gasteiger partial charge >= 0.3 is 7.12 Å². The van der Waals surface area contributed by atoms with E-state index in [1.54, 1.807) is 0 Å². The van der Waals surface area contributed by atoms with Gasteiger partial charge < -0.3 is 9.31 Å². The first-order valence-electron chi connectivity index (χ1n) is 7.25. The van der Waals surface area contributed by atoms with Crippen LogP contribution in [0.2, 0.25) is 0 Å². The van der Waals surface area contributed by atoms with Gasteiger partial charge in [-0.2, -0.15) is 0 Å². The third-order valence-electron chi connectivity index (χ3n) is 3.81. The van der Waals surface area contributed by atoms with Gasteiger partial charge in [-0.25, -0.2) is 0 Å². The van der Waals surface area contributed by atoms with Crippen molar-refractivity contribution in [2.45, 2.75) is 38.4 Å². The highest BCUT2D eigenvalue weighted by molar-refractivity contribution is 9.09. The monoisotopic (exact) mass is 414 g/mol. The van der Waals surface area contributed by atoms with E-state index in [1.165, 1.54) is 5.57 Å². The molecule has 1 aliphatic rings. The van der Waals surface area contributed by atoms with Gasteiger partial charge in [0, 0.05) is 10.7 Å². The summed E-state index contributed by atoms with van der Waals surface area (Å²) in [6, 6.07) is 10.2. The molecule has 0 amide bonds. The Bertz CT molecular complexity index is 476. The lowest BCUT2D eigenvalue weighted by Crippen LogP contribution is -2.34. The van der Waals surface area contributed by atoms with Gasteiger partial charge in [0.25, 0.3) is 0 Å². The normalized spacial score (nSPS) is 21.8. The van der Waals surface area contributed by atoms with Crippen LogP contribution in [0.5, 0.6) is 0 Å². The van der Waals surface area contributed by atoms with Crippen LogP contribution < -0.4 is 5.46 Å². The van der Waals surface area contributed by atoms with Crippen molar-refractivity contribution >= 4 is 44.4 Å². The molecule has 5 heteroatoms. The maximum absolute atomic E-state index is 6.16. The number of benzene rings is 1. The van der Waals surface area contributed by atoms with E-state index in [-0.39, 0.29) is 18.8 Å². The van der Waals surface area contributed by atoms with Gasteiger partial charge in [0.05, 0.1) is 11.7 Å². The maximum atomic E-state index is 6.16. The molecule has 0 bridgehead atoms. The Balaban J connectivity index is 1.99. The third kappa shape index (κ3) is 4.69. The standard InChI is InChI=1S/C16H21BBr2O2/c1-16(2)15(9-8-13(12-19)10-11-18)20-17(21-16)14-6-4-3-5-7-14/h3-7,10,15H,8-9,11-12H2,1-2H3/b13-10-/t15-/m1/s1. The number of allylic oxidation sites excluding steroid dienone is 2. The van der Waals surface area contributed by atoms with Crippen LogP contribution in [0.25, 0.3) is 0 Å². The zero-order chi connectivity index (χ0) is 15.3. The lowest BCUT2D eigenvalue weighted by molar-refractivity contribution is 0.0677. The first kappa shape index (κ1) is 17.3. The van der Waals surface area contributed by atoms with E-state index >= 15 is 0 Å². The van der Waals surface area contributed by atoms with Crippen LogP contribution in [0, 0.1) is 0 Å². The molecule has 2 nitrogen and oxygen atoms in total. The zero-order valence-corrected chi connectivity index (χ0v) is 15.7. The average Bonchev–Trinajstić information content (AvgIpc) is 2.79. The summed E-state index contributed by atoms with van der Waals surface area (Å²) >= 11 is 7.00. The summed E-state index contributed by atoms with van der Waals surface area (Å²) in [7, 11) is -0.251. The Labute approximate surface area is 144 Å². The van der Waals surface area contributed by atoms with E-state index in [1.807, 2.05) is 18.2 Å². The molecule has 1 heterocycles. The fourth-order valence-electron chi connectivity index (χ4n) is 2.51. The number of hydrogen-bond donors (Lipinski definition) is 0. The Morgan fingerprint density at radius 1 is 1.29 bits per heavy atom. The number of alkyl halides is 2. The van der Waals surface area contributed by atoms with E-state index in [9.17, 15) is 0 Å². The average molecular weight is 416 g/mol. The van der Waals surface area contributed by atoms with Crippen molar-refractivity contribution in [2.75, 3.05) is 10.7 Å². The molecular weight excluding hydrogens is 395 g/mol. The van der Waals surface area contributed by atoms with Crippen LogP contribution in [0.15, 0.2) is 42.0 Å². The van der Waals surface area contributed by atoms with E-state index in [0.717, 1.165) is 29.0 Å². The second-order valence-electron chi connectivity index (χ2n) is 5.78. The molecule has 0 spiro atoms. The summed E-state index contributed by atoms with van der Waals surface area (Å²) in [5.74, 6) is 0. The molecule has 1 aromatic rings. The van der Waals surface area contributed by atoms with Crippen molar-refractivity contribution in [2.24, 2.45) is 0 Å². The molecule has 0 radical (unpaired) electrons. The molecule has 114 valence electrons. The molecule has 0 aliphatic carbocycles. The summed E-state index contributed by atoms with van der Waals surface area (Å²) < 4.78 is 12.3. The van der Waals surface area contributed by atoms with Gasteiger partial charge in [-0.1, -0.05) is 73.8 Å². The molecule has 1 aromatic carbocycles. The van der Waals surface area contributed by atoms with Crippen LogP contribution in [0.3, 0.4) is 0 Å². The minimum atomic E-state index is -0.258. The minimum Gasteiger partial charge on any atom is -0.402 e. The van der Waals surface area contributed by atoms with E-state index in [2.05, 4.69) is 63.9 Å². The van der Waals surface area contributed by atoms with E-state index in [0.29, 0.717) is 0 Å². The Hall–Kier alpha value is -0.0951. The van der Waals surface area contributed by atoms with E-state index < -0.39 is 0 Å². The summed E-state index contributed by atoms with van der Waals surface area (Å²) in [5, 5.41) is 1.81. The molecule has 2 rings (SSSR count). The highest BCUT2D eigenvalue weighted by atomic mass is 79.9. The van der Waals surface area contributed by atoms with E-state index in [4.69, 9.17) is 9.31 Å². The fraction of sp³-hybridized carbons (Fsp3) is 0.500. The molecule has 0 saturated carbocycles. The molecule has 1 aliphatic heterocycles. The molecule has 0 unspecified atom stereocenters. The Morgan fingerprint density at radius 2 is 2.00 bits per heavy atom. The van der Waals surface area contributed by atoms with Gasteiger partial charge in [-0.15, -0.1) is 0 Å². The van der Waals surface area contributed by atoms with Crippen LogP contribution >= 0.6 is 31.9 Å². The molecular formula is C16H21BBr2O2. The van der Waals surface area contributed by atoms with Gasteiger partial charge in [0.2, 0.25) is 0 Å². The predicted octanol–water partition coefficient (Wildman–Crippen LogP) is 4.07. The number of hydrogen-bond acceptors (Lipinski definition) is 2. The van der Waals surface area contributed by atoms with Gasteiger partial charge in [0.1, 0.15) is 0 Å². The summed E-state index contributed by atoms with van der Waals surface area (Å²) in [6.07, 6.45) is 4.32. The predicted molar refractivity (Wildman–Crippen MR) is 96.8 cm³/mol. The van der Waals surface area contributed by atoms with Crippen LogP contribution in [-0.2, 0) is 9.31 Å². The van der Waals surface area contributed by atoms with Gasteiger partial charge in [-0.3, -0.25) is 0 Å². The fourth-order valence-corrected chi connectivity index (χ4v) is 3.48. The second kappa shape index (κ2) is 7.95. The summed E-state index contributed by atoms with van der Waals surface area (Å²) in [4.78, 5) is 0. The van der Waals surface area contributed by atoms with Gasteiger partial charge in [0.15, 0.2) is 0 Å². The van der Waals surface area contributed by atoms with Crippen molar-refractivity contribution in [1.29, 1.82) is 0 Å². The largest absolute Gasteiger partial charge is 0.494 e. The Kier molecular flexibility index (Phi) is 6.54. The minimum absolute atomic E-state index is 0.112. The Morgan fingerprint density at radius 3 is 2.62 bits per heavy atom. The van der Waals surface area contributed by atoms with Crippen molar-refractivity contribution in [3.8, 4) is 0 Å². The highest BCUT2D eigenvalue weighted by Crippen LogP contribution is 2.31. The molecule has 0 aromatic heterocycles. The molecule has 21 heavy (non-hydrogen) atoms. The first-order chi connectivity index (χ1) is 10.1. The third-order valence-corrected chi connectivity index (χ3v) is 4.85. The lowest BCUT2D eigenvalue weighted by atomic mass is 9.79. The molecule has 1 saturated heterocycles. The number of halogens is 2. The smallest absolute Gasteiger partial charge is 0.402 e. The van der Waals surface area contributed by atoms with Crippen LogP contribution in [-0.4, -0.2) is 29.5 Å². The molecule has 1 fully saturated rings. The van der Waals surface area contributed by atoms with Crippen molar-refractivity contribution in [3.63, 3.8) is 0 Å². The quantitative estimate of drug-likeness (QED) is 0.396. The lowest BCUT2D eigenvalue weighted by Gasteiger charge is -2.25. The van der Waals surface area contributed by atoms with Crippen molar-refractivity contribution in [3.05, 3.63) is 42.0 Å². The summed E-state index contributed by atoms with van der Waals surface area (Å²) in [6.45, 7) is 4.23. The topological polar surface area (TPSA) is 18.5 Å².